The SMILES string of the molecule is CC(=O)N1c2cc(/C(=N/OC(C)C)n3cncn3)ccc2OCC1(C)C. The van der Waals surface area contributed by atoms with Gasteiger partial charge in [-0.15, -0.1) is 0 Å². The predicted molar refractivity (Wildman–Crippen MR) is 97.4 cm³/mol. The minimum atomic E-state index is -0.448. The summed E-state index contributed by atoms with van der Waals surface area (Å²) < 4.78 is 7.37. The number of carbonyl (C=O) groups excluding carboxylic acids is 1. The van der Waals surface area contributed by atoms with Crippen molar-refractivity contribution in [2.75, 3.05) is 11.5 Å². The van der Waals surface area contributed by atoms with E-state index in [0.717, 1.165) is 5.56 Å². The van der Waals surface area contributed by atoms with E-state index < -0.39 is 5.54 Å². The number of amides is 1. The van der Waals surface area contributed by atoms with Crippen molar-refractivity contribution in [2.45, 2.75) is 46.3 Å². The number of hydrogen-bond acceptors (Lipinski definition) is 6. The molecule has 0 unspecified atom stereocenters. The lowest BCUT2D eigenvalue weighted by Crippen LogP contribution is -2.53. The van der Waals surface area contributed by atoms with E-state index in [1.807, 2.05) is 45.9 Å². The summed E-state index contributed by atoms with van der Waals surface area (Å²) in [5.74, 6) is 1.09. The van der Waals surface area contributed by atoms with Gasteiger partial charge in [-0.1, -0.05) is 5.16 Å². The summed E-state index contributed by atoms with van der Waals surface area (Å²) in [6.07, 6.45) is 2.89. The Balaban J connectivity index is 2.10. The van der Waals surface area contributed by atoms with Crippen LogP contribution in [0.5, 0.6) is 5.75 Å². The highest BCUT2D eigenvalue weighted by molar-refractivity contribution is 6.02. The third-order valence-electron chi connectivity index (χ3n) is 3.94. The number of nitrogens with zero attached hydrogens (tertiary/aromatic N) is 5. The van der Waals surface area contributed by atoms with Gasteiger partial charge in [0.2, 0.25) is 11.7 Å². The Bertz CT molecular complexity index is 827. The number of anilines is 1. The van der Waals surface area contributed by atoms with Gasteiger partial charge in [-0.05, 0) is 45.9 Å². The van der Waals surface area contributed by atoms with Crippen molar-refractivity contribution in [2.24, 2.45) is 5.16 Å². The first-order valence-corrected chi connectivity index (χ1v) is 8.46. The molecule has 0 spiro atoms. The third-order valence-corrected chi connectivity index (χ3v) is 3.94. The van der Waals surface area contributed by atoms with Crippen molar-refractivity contribution in [3.05, 3.63) is 36.4 Å². The molecule has 0 saturated carbocycles. The van der Waals surface area contributed by atoms with Crippen molar-refractivity contribution < 1.29 is 14.4 Å². The van der Waals surface area contributed by atoms with Gasteiger partial charge in [-0.25, -0.2) is 4.98 Å². The van der Waals surface area contributed by atoms with Crippen LogP contribution in [-0.4, -0.2) is 44.8 Å². The number of hydrogen-bond donors (Lipinski definition) is 0. The molecule has 0 fully saturated rings. The van der Waals surface area contributed by atoms with E-state index in [4.69, 9.17) is 9.57 Å². The zero-order valence-corrected chi connectivity index (χ0v) is 15.6. The van der Waals surface area contributed by atoms with Gasteiger partial charge < -0.3 is 14.5 Å². The van der Waals surface area contributed by atoms with E-state index in [9.17, 15) is 4.79 Å². The molecule has 138 valence electrons. The normalized spacial score (nSPS) is 16.2. The fraction of sp³-hybridized carbons (Fsp3) is 0.444. The Hall–Kier alpha value is -2.90. The van der Waals surface area contributed by atoms with Gasteiger partial charge >= 0.3 is 0 Å². The fourth-order valence-electron chi connectivity index (χ4n) is 2.89. The van der Waals surface area contributed by atoms with E-state index in [2.05, 4.69) is 15.2 Å². The maximum Gasteiger partial charge on any atom is 0.224 e. The van der Waals surface area contributed by atoms with Gasteiger partial charge in [0.05, 0.1) is 11.2 Å². The highest BCUT2D eigenvalue weighted by atomic mass is 16.6. The Morgan fingerprint density at radius 2 is 2.15 bits per heavy atom. The zero-order chi connectivity index (χ0) is 18.9. The monoisotopic (exact) mass is 357 g/mol. The number of ether oxygens (including phenoxy) is 1. The molecule has 2 aromatic rings. The number of carbonyl (C=O) groups is 1. The molecule has 0 aliphatic carbocycles. The Kier molecular flexibility index (Phi) is 4.67. The predicted octanol–water partition coefficient (Wildman–Crippen LogP) is 2.44. The quantitative estimate of drug-likeness (QED) is 0.479. The summed E-state index contributed by atoms with van der Waals surface area (Å²) in [4.78, 5) is 23.4. The number of rotatable bonds is 3. The molecule has 1 amide bonds. The second-order valence-electron chi connectivity index (χ2n) is 7.05. The Morgan fingerprint density at radius 1 is 1.38 bits per heavy atom. The number of aromatic nitrogens is 3. The van der Waals surface area contributed by atoms with Crippen LogP contribution in [0, 0.1) is 0 Å². The van der Waals surface area contributed by atoms with E-state index in [1.165, 1.54) is 11.0 Å². The van der Waals surface area contributed by atoms with Crippen LogP contribution in [-0.2, 0) is 9.63 Å². The van der Waals surface area contributed by atoms with Gasteiger partial charge in [0.25, 0.3) is 0 Å². The minimum Gasteiger partial charge on any atom is -0.489 e. The second kappa shape index (κ2) is 6.78. The zero-order valence-electron chi connectivity index (χ0n) is 15.6. The van der Waals surface area contributed by atoms with Crippen molar-refractivity contribution >= 4 is 17.4 Å². The molecule has 26 heavy (non-hydrogen) atoms. The number of fused-ring (bicyclic) bond motifs is 1. The molecule has 1 aromatic carbocycles. The fourth-order valence-corrected chi connectivity index (χ4v) is 2.89. The van der Waals surface area contributed by atoms with Crippen LogP contribution in [0.25, 0.3) is 0 Å². The summed E-state index contributed by atoms with van der Waals surface area (Å²) in [6.45, 7) is 9.71. The van der Waals surface area contributed by atoms with Crippen LogP contribution in [0.4, 0.5) is 5.69 Å². The van der Waals surface area contributed by atoms with Gasteiger partial charge in [0, 0.05) is 12.5 Å². The summed E-state index contributed by atoms with van der Waals surface area (Å²) in [6, 6.07) is 5.55. The molecule has 3 rings (SSSR count). The van der Waals surface area contributed by atoms with Crippen molar-refractivity contribution in [3.63, 3.8) is 0 Å². The van der Waals surface area contributed by atoms with Gasteiger partial charge in [-0.3, -0.25) is 4.79 Å². The van der Waals surface area contributed by atoms with Crippen LogP contribution < -0.4 is 9.64 Å². The molecular formula is C18H23N5O3. The van der Waals surface area contributed by atoms with Gasteiger partial charge in [-0.2, -0.15) is 9.78 Å². The summed E-state index contributed by atoms with van der Waals surface area (Å²) in [5, 5.41) is 8.37. The lowest BCUT2D eigenvalue weighted by atomic mass is 9.99. The minimum absolute atomic E-state index is 0.0469. The average Bonchev–Trinajstić information content (AvgIpc) is 3.07. The van der Waals surface area contributed by atoms with Crippen LogP contribution in [0.15, 0.2) is 36.0 Å². The molecule has 2 heterocycles. The highest BCUT2D eigenvalue weighted by Gasteiger charge is 2.37. The molecule has 0 saturated heterocycles. The van der Waals surface area contributed by atoms with E-state index >= 15 is 0 Å². The van der Waals surface area contributed by atoms with Crippen molar-refractivity contribution in [3.8, 4) is 5.75 Å². The van der Waals surface area contributed by atoms with Gasteiger partial charge in [0.1, 0.15) is 31.1 Å². The highest BCUT2D eigenvalue weighted by Crippen LogP contribution is 2.39. The topological polar surface area (TPSA) is 81.8 Å². The number of benzene rings is 1. The van der Waals surface area contributed by atoms with E-state index in [0.29, 0.717) is 23.9 Å². The standard InChI is InChI=1S/C18H23N5O3/c1-12(2)26-21-17(22-11-19-10-20-22)14-6-7-16-15(8-14)23(13(3)24)18(4,5)9-25-16/h6-8,10-12H,9H2,1-5H3/b21-17-. The average molecular weight is 357 g/mol. The summed E-state index contributed by atoms with van der Waals surface area (Å²) in [5.41, 5.74) is 0.988. The molecule has 1 aromatic heterocycles. The lowest BCUT2D eigenvalue weighted by molar-refractivity contribution is -0.118. The first-order valence-electron chi connectivity index (χ1n) is 8.46. The van der Waals surface area contributed by atoms with Crippen LogP contribution in [0.1, 0.15) is 40.2 Å². The third kappa shape index (κ3) is 3.40. The molecular weight excluding hydrogens is 334 g/mol. The van der Waals surface area contributed by atoms with Crippen molar-refractivity contribution in [1.29, 1.82) is 0 Å². The van der Waals surface area contributed by atoms with E-state index in [-0.39, 0.29) is 12.0 Å². The molecule has 8 heteroatoms. The molecule has 0 radical (unpaired) electrons. The largest absolute Gasteiger partial charge is 0.489 e. The number of oxime groups is 1. The Morgan fingerprint density at radius 3 is 2.77 bits per heavy atom. The second-order valence-corrected chi connectivity index (χ2v) is 7.05. The summed E-state index contributed by atoms with van der Waals surface area (Å²) in [7, 11) is 0. The van der Waals surface area contributed by atoms with Crippen LogP contribution in [0.3, 0.4) is 0 Å². The lowest BCUT2D eigenvalue weighted by Gasteiger charge is -2.42. The maximum absolute atomic E-state index is 12.3. The van der Waals surface area contributed by atoms with Crippen molar-refractivity contribution in [1.82, 2.24) is 14.8 Å². The van der Waals surface area contributed by atoms with Crippen LogP contribution in [0.2, 0.25) is 0 Å². The molecule has 8 nitrogen and oxygen atoms in total. The van der Waals surface area contributed by atoms with Gasteiger partial charge in [0.15, 0.2) is 0 Å². The summed E-state index contributed by atoms with van der Waals surface area (Å²) >= 11 is 0. The first-order chi connectivity index (χ1) is 12.3. The maximum atomic E-state index is 12.3. The smallest absolute Gasteiger partial charge is 0.224 e. The van der Waals surface area contributed by atoms with E-state index in [1.54, 1.807) is 18.2 Å². The molecule has 0 bridgehead atoms. The Labute approximate surface area is 152 Å². The molecule has 0 N–H and O–H groups in total. The molecule has 1 aliphatic rings. The van der Waals surface area contributed by atoms with Crippen LogP contribution >= 0.6 is 0 Å². The molecule has 1 aliphatic heterocycles. The molecule has 0 atom stereocenters. The first kappa shape index (κ1) is 17.9.